The number of hydrogen-bond acceptors (Lipinski definition) is 3. The van der Waals surface area contributed by atoms with Crippen LogP contribution in [0.5, 0.6) is 5.75 Å². The molecule has 0 spiro atoms. The van der Waals surface area contributed by atoms with Crippen LogP contribution in [-0.2, 0) is 6.61 Å². The molecule has 3 rings (SSSR count). The predicted octanol–water partition coefficient (Wildman–Crippen LogP) is 3.92. The number of benzene rings is 1. The van der Waals surface area contributed by atoms with Gasteiger partial charge in [-0.05, 0) is 42.5 Å². The van der Waals surface area contributed by atoms with Gasteiger partial charge in [0.15, 0.2) is 0 Å². The lowest BCUT2D eigenvalue weighted by atomic mass is 10.1. The van der Waals surface area contributed by atoms with Crippen molar-refractivity contribution >= 4 is 5.69 Å². The zero-order chi connectivity index (χ0) is 13.2. The van der Waals surface area contributed by atoms with Crippen LogP contribution < -0.4 is 10.1 Å². The molecule has 3 nitrogen and oxygen atoms in total. The van der Waals surface area contributed by atoms with Crippen molar-refractivity contribution in [2.45, 2.75) is 25.4 Å². The molecule has 1 aliphatic rings. The van der Waals surface area contributed by atoms with E-state index >= 15 is 0 Å². The SMILES string of the molecule is CNc1c(F)ccc(C2CC2)c1OCc1ccco1. The maximum absolute atomic E-state index is 13.8. The van der Waals surface area contributed by atoms with Crippen molar-refractivity contribution in [3.05, 3.63) is 47.7 Å². The molecule has 100 valence electrons. The van der Waals surface area contributed by atoms with Crippen LogP contribution in [0.25, 0.3) is 0 Å². The number of halogens is 1. The first-order valence-corrected chi connectivity index (χ1v) is 6.45. The summed E-state index contributed by atoms with van der Waals surface area (Å²) in [6, 6.07) is 6.98. The molecule has 0 unspecified atom stereocenters. The second kappa shape index (κ2) is 4.96. The zero-order valence-corrected chi connectivity index (χ0v) is 10.8. The fourth-order valence-corrected chi connectivity index (χ4v) is 2.22. The second-order valence-electron chi connectivity index (χ2n) is 4.73. The van der Waals surface area contributed by atoms with E-state index in [9.17, 15) is 4.39 Å². The first-order valence-electron chi connectivity index (χ1n) is 6.45. The van der Waals surface area contributed by atoms with Gasteiger partial charge in [0.25, 0.3) is 0 Å². The van der Waals surface area contributed by atoms with E-state index in [-0.39, 0.29) is 5.82 Å². The van der Waals surface area contributed by atoms with Gasteiger partial charge >= 0.3 is 0 Å². The van der Waals surface area contributed by atoms with E-state index < -0.39 is 0 Å². The van der Waals surface area contributed by atoms with E-state index in [1.807, 2.05) is 18.2 Å². The average Bonchev–Trinajstić information content (AvgIpc) is 3.12. The highest BCUT2D eigenvalue weighted by Crippen LogP contribution is 2.47. The Hall–Kier alpha value is -1.97. The monoisotopic (exact) mass is 261 g/mol. The van der Waals surface area contributed by atoms with E-state index in [4.69, 9.17) is 9.15 Å². The van der Waals surface area contributed by atoms with Crippen LogP contribution in [-0.4, -0.2) is 7.05 Å². The molecular formula is C15H16FNO2. The number of rotatable bonds is 5. The lowest BCUT2D eigenvalue weighted by Crippen LogP contribution is -2.03. The predicted molar refractivity (Wildman–Crippen MR) is 71.0 cm³/mol. The first-order chi connectivity index (χ1) is 9.29. The van der Waals surface area contributed by atoms with Crippen LogP contribution >= 0.6 is 0 Å². The van der Waals surface area contributed by atoms with Crippen molar-refractivity contribution in [2.24, 2.45) is 0 Å². The molecule has 0 atom stereocenters. The molecule has 1 aromatic heterocycles. The quantitative estimate of drug-likeness (QED) is 0.885. The summed E-state index contributed by atoms with van der Waals surface area (Å²) in [6.07, 6.45) is 3.89. The van der Waals surface area contributed by atoms with Gasteiger partial charge in [-0.2, -0.15) is 0 Å². The highest BCUT2D eigenvalue weighted by atomic mass is 19.1. The van der Waals surface area contributed by atoms with Gasteiger partial charge in [-0.15, -0.1) is 0 Å². The molecule has 1 aliphatic carbocycles. The van der Waals surface area contributed by atoms with Crippen LogP contribution in [0.3, 0.4) is 0 Å². The summed E-state index contributed by atoms with van der Waals surface area (Å²) >= 11 is 0. The molecule has 0 amide bonds. The van der Waals surface area contributed by atoms with Crippen LogP contribution in [0.2, 0.25) is 0 Å². The third-order valence-electron chi connectivity index (χ3n) is 3.34. The molecule has 0 bridgehead atoms. The fourth-order valence-electron chi connectivity index (χ4n) is 2.22. The standard InChI is InChI=1S/C15H16FNO2/c1-17-14-13(16)7-6-12(10-4-5-10)15(14)19-9-11-3-2-8-18-11/h2-3,6-8,10,17H,4-5,9H2,1H3. The third kappa shape index (κ3) is 2.43. The average molecular weight is 261 g/mol. The van der Waals surface area contributed by atoms with Gasteiger partial charge in [0.1, 0.15) is 29.6 Å². The minimum Gasteiger partial charge on any atom is -0.483 e. The minimum atomic E-state index is -0.290. The van der Waals surface area contributed by atoms with E-state index in [1.165, 1.54) is 6.07 Å². The van der Waals surface area contributed by atoms with Gasteiger partial charge in [0, 0.05) is 7.05 Å². The summed E-state index contributed by atoms with van der Waals surface area (Å²) < 4.78 is 24.8. The van der Waals surface area contributed by atoms with Crippen molar-refractivity contribution < 1.29 is 13.5 Å². The van der Waals surface area contributed by atoms with E-state index in [0.717, 1.165) is 24.2 Å². The Morgan fingerprint density at radius 2 is 2.21 bits per heavy atom. The van der Waals surface area contributed by atoms with E-state index in [2.05, 4.69) is 5.32 Å². The Balaban J connectivity index is 1.90. The highest BCUT2D eigenvalue weighted by Gasteiger charge is 2.29. The minimum absolute atomic E-state index is 0.290. The summed E-state index contributed by atoms with van der Waals surface area (Å²) in [6.45, 7) is 0.310. The smallest absolute Gasteiger partial charge is 0.150 e. The van der Waals surface area contributed by atoms with Crippen LogP contribution in [0, 0.1) is 5.82 Å². The molecule has 4 heteroatoms. The zero-order valence-electron chi connectivity index (χ0n) is 10.8. The first kappa shape index (κ1) is 12.1. The third-order valence-corrected chi connectivity index (χ3v) is 3.34. The summed E-state index contributed by atoms with van der Waals surface area (Å²) in [5.41, 5.74) is 1.51. The molecule has 0 radical (unpaired) electrons. The molecule has 0 aliphatic heterocycles. The Kier molecular flexibility index (Phi) is 3.15. The second-order valence-corrected chi connectivity index (χ2v) is 4.73. The van der Waals surface area contributed by atoms with Crippen molar-refractivity contribution in [3.8, 4) is 5.75 Å². The van der Waals surface area contributed by atoms with Gasteiger partial charge < -0.3 is 14.5 Å². The molecule has 2 aromatic rings. The van der Waals surface area contributed by atoms with Crippen molar-refractivity contribution in [2.75, 3.05) is 12.4 Å². The summed E-state index contributed by atoms with van der Waals surface area (Å²) in [7, 11) is 1.70. The number of anilines is 1. The number of ether oxygens (including phenoxy) is 1. The molecule has 1 fully saturated rings. The van der Waals surface area contributed by atoms with Gasteiger partial charge in [0.2, 0.25) is 0 Å². The molecule has 1 saturated carbocycles. The van der Waals surface area contributed by atoms with Crippen molar-refractivity contribution in [3.63, 3.8) is 0 Å². The topological polar surface area (TPSA) is 34.4 Å². The van der Waals surface area contributed by atoms with Gasteiger partial charge in [-0.1, -0.05) is 6.07 Å². The lowest BCUT2D eigenvalue weighted by molar-refractivity contribution is 0.268. The molecule has 1 N–H and O–H groups in total. The van der Waals surface area contributed by atoms with Crippen LogP contribution in [0.15, 0.2) is 34.9 Å². The van der Waals surface area contributed by atoms with E-state index in [1.54, 1.807) is 13.3 Å². The maximum Gasteiger partial charge on any atom is 0.150 e. The summed E-state index contributed by atoms with van der Waals surface area (Å²) in [4.78, 5) is 0. The fraction of sp³-hybridized carbons (Fsp3) is 0.333. The molecule has 0 saturated heterocycles. The highest BCUT2D eigenvalue weighted by molar-refractivity contribution is 5.62. The Morgan fingerprint density at radius 3 is 2.84 bits per heavy atom. The van der Waals surface area contributed by atoms with Gasteiger partial charge in [-0.25, -0.2) is 4.39 Å². The van der Waals surface area contributed by atoms with Crippen molar-refractivity contribution in [1.82, 2.24) is 0 Å². The Morgan fingerprint density at radius 1 is 1.37 bits per heavy atom. The molecule has 19 heavy (non-hydrogen) atoms. The normalized spacial score (nSPS) is 14.4. The molecule has 1 aromatic carbocycles. The summed E-state index contributed by atoms with van der Waals surface area (Å²) in [5.74, 6) is 1.55. The lowest BCUT2D eigenvalue weighted by Gasteiger charge is -2.15. The Labute approximate surface area is 111 Å². The maximum atomic E-state index is 13.8. The van der Waals surface area contributed by atoms with Crippen LogP contribution in [0.4, 0.5) is 10.1 Å². The molecule has 1 heterocycles. The van der Waals surface area contributed by atoms with Crippen LogP contribution in [0.1, 0.15) is 30.1 Å². The number of nitrogens with one attached hydrogen (secondary N) is 1. The van der Waals surface area contributed by atoms with Gasteiger partial charge in [-0.3, -0.25) is 0 Å². The van der Waals surface area contributed by atoms with Crippen molar-refractivity contribution in [1.29, 1.82) is 0 Å². The Bertz CT molecular complexity index is 562. The largest absolute Gasteiger partial charge is 0.483 e. The number of hydrogen-bond donors (Lipinski definition) is 1. The number of furan rings is 1. The molecular weight excluding hydrogens is 245 g/mol. The summed E-state index contributed by atoms with van der Waals surface area (Å²) in [5, 5.41) is 2.89. The van der Waals surface area contributed by atoms with E-state index in [0.29, 0.717) is 24.0 Å². The van der Waals surface area contributed by atoms with Gasteiger partial charge in [0.05, 0.1) is 6.26 Å².